The van der Waals surface area contributed by atoms with Crippen molar-refractivity contribution in [2.24, 2.45) is 0 Å². The maximum atomic E-state index is 6.57. The van der Waals surface area contributed by atoms with Gasteiger partial charge in [0.15, 0.2) is 0 Å². The lowest BCUT2D eigenvalue weighted by Crippen LogP contribution is -2.08. The van der Waals surface area contributed by atoms with Crippen LogP contribution < -0.4 is 4.74 Å². The Morgan fingerprint density at radius 1 is 1.10 bits per heavy atom. The third-order valence-electron chi connectivity index (χ3n) is 4.36. The second-order valence-electron chi connectivity index (χ2n) is 6.20. The first-order chi connectivity index (χ1) is 10.3. The molecule has 0 spiro atoms. The fourth-order valence-electron chi connectivity index (χ4n) is 3.02. The molecule has 1 heterocycles. The minimum Gasteiger partial charge on any atom is -0.493 e. The normalized spacial score (nSPS) is 15.3. The Labute approximate surface area is 135 Å². The van der Waals surface area contributed by atoms with E-state index in [2.05, 4.69) is 25.1 Å². The van der Waals surface area contributed by atoms with Gasteiger partial charge in [0, 0.05) is 0 Å². The summed E-state index contributed by atoms with van der Waals surface area (Å²) in [6.45, 7) is 3.12. The zero-order valence-corrected chi connectivity index (χ0v) is 14.1. The average molecular weight is 309 g/mol. The van der Waals surface area contributed by atoms with Crippen molar-refractivity contribution in [3.8, 4) is 5.75 Å². The molecule has 0 fully saturated rings. The van der Waals surface area contributed by atoms with E-state index < -0.39 is 0 Å². The van der Waals surface area contributed by atoms with E-state index in [0.717, 1.165) is 31.6 Å². The van der Waals surface area contributed by atoms with Crippen LogP contribution in [0.1, 0.15) is 81.2 Å². The molecule has 0 N–H and O–H groups in total. The molecule has 1 aromatic carbocycles. The second-order valence-corrected chi connectivity index (χ2v) is 6.72. The first-order valence-electron chi connectivity index (χ1n) is 8.71. The van der Waals surface area contributed by atoms with Crippen LogP contribution in [0.5, 0.6) is 5.75 Å². The summed E-state index contributed by atoms with van der Waals surface area (Å²) >= 11 is 6.57. The van der Waals surface area contributed by atoms with Gasteiger partial charge in [-0.15, -0.1) is 11.6 Å². The fourth-order valence-corrected chi connectivity index (χ4v) is 3.31. The highest BCUT2D eigenvalue weighted by Gasteiger charge is 2.14. The van der Waals surface area contributed by atoms with E-state index in [1.165, 1.54) is 56.1 Å². The smallest absolute Gasteiger partial charge is 0.122 e. The number of benzene rings is 1. The topological polar surface area (TPSA) is 9.23 Å². The standard InChI is InChI=1S/C19H29ClO/c1-2-3-4-5-6-7-8-11-18(20)16-12-13-19-17(15-16)10-9-14-21-19/h12-13,15,18H,2-11,14H2,1H3. The van der Waals surface area contributed by atoms with Crippen molar-refractivity contribution in [3.05, 3.63) is 29.3 Å². The summed E-state index contributed by atoms with van der Waals surface area (Å²) < 4.78 is 5.66. The predicted molar refractivity (Wildman–Crippen MR) is 91.5 cm³/mol. The van der Waals surface area contributed by atoms with E-state index in [-0.39, 0.29) is 5.38 Å². The quantitative estimate of drug-likeness (QED) is 0.377. The van der Waals surface area contributed by atoms with Crippen LogP contribution in [0, 0.1) is 0 Å². The zero-order chi connectivity index (χ0) is 14.9. The van der Waals surface area contributed by atoms with Crippen molar-refractivity contribution in [2.45, 2.75) is 76.5 Å². The van der Waals surface area contributed by atoms with Crippen LogP contribution in [0.15, 0.2) is 18.2 Å². The van der Waals surface area contributed by atoms with Crippen LogP contribution >= 0.6 is 11.6 Å². The van der Waals surface area contributed by atoms with Crippen molar-refractivity contribution < 1.29 is 4.74 Å². The van der Waals surface area contributed by atoms with E-state index in [9.17, 15) is 0 Å². The van der Waals surface area contributed by atoms with Crippen molar-refractivity contribution in [1.29, 1.82) is 0 Å². The van der Waals surface area contributed by atoms with Crippen molar-refractivity contribution in [1.82, 2.24) is 0 Å². The van der Waals surface area contributed by atoms with E-state index in [1.807, 2.05) is 0 Å². The Balaban J connectivity index is 1.69. The largest absolute Gasteiger partial charge is 0.493 e. The van der Waals surface area contributed by atoms with Gasteiger partial charge in [0.2, 0.25) is 0 Å². The molecule has 21 heavy (non-hydrogen) atoms. The first kappa shape index (κ1) is 16.7. The number of unbranched alkanes of at least 4 members (excludes halogenated alkanes) is 6. The number of hydrogen-bond acceptors (Lipinski definition) is 1. The molecule has 0 saturated heterocycles. The molecule has 0 amide bonds. The molecule has 0 bridgehead atoms. The van der Waals surface area contributed by atoms with Crippen LogP contribution in [-0.2, 0) is 6.42 Å². The summed E-state index contributed by atoms with van der Waals surface area (Å²) in [5.41, 5.74) is 2.61. The van der Waals surface area contributed by atoms with E-state index in [1.54, 1.807) is 0 Å². The van der Waals surface area contributed by atoms with Gasteiger partial charge in [0.05, 0.1) is 12.0 Å². The van der Waals surface area contributed by atoms with Gasteiger partial charge in [-0.25, -0.2) is 0 Å². The Morgan fingerprint density at radius 3 is 2.67 bits per heavy atom. The summed E-state index contributed by atoms with van der Waals surface area (Å²) in [5, 5.41) is 0.160. The van der Waals surface area contributed by atoms with Crippen LogP contribution in [0.4, 0.5) is 0 Å². The molecule has 118 valence electrons. The minimum absolute atomic E-state index is 0.160. The van der Waals surface area contributed by atoms with E-state index in [4.69, 9.17) is 16.3 Å². The number of halogens is 1. The minimum atomic E-state index is 0.160. The summed E-state index contributed by atoms with van der Waals surface area (Å²) in [4.78, 5) is 0. The molecule has 1 aromatic rings. The SMILES string of the molecule is CCCCCCCCCC(Cl)c1ccc2c(c1)CCCO2. The zero-order valence-electron chi connectivity index (χ0n) is 13.4. The lowest BCUT2D eigenvalue weighted by molar-refractivity contribution is 0.288. The monoisotopic (exact) mass is 308 g/mol. The number of hydrogen-bond donors (Lipinski definition) is 0. The third-order valence-corrected chi connectivity index (χ3v) is 4.83. The molecule has 0 aromatic heterocycles. The molecule has 1 nitrogen and oxygen atoms in total. The van der Waals surface area contributed by atoms with Gasteiger partial charge in [-0.05, 0) is 36.5 Å². The maximum Gasteiger partial charge on any atom is 0.122 e. The van der Waals surface area contributed by atoms with Gasteiger partial charge in [-0.2, -0.15) is 0 Å². The lowest BCUT2D eigenvalue weighted by Gasteiger charge is -2.19. The maximum absolute atomic E-state index is 6.57. The molecular formula is C19H29ClO. The molecule has 2 heteroatoms. The molecule has 2 rings (SSSR count). The molecule has 1 atom stereocenters. The molecule has 0 aliphatic carbocycles. The number of fused-ring (bicyclic) bond motifs is 1. The highest BCUT2D eigenvalue weighted by atomic mass is 35.5. The fraction of sp³-hybridized carbons (Fsp3) is 0.684. The van der Waals surface area contributed by atoms with Crippen molar-refractivity contribution >= 4 is 11.6 Å². The molecule has 0 saturated carbocycles. The molecule has 1 unspecified atom stereocenters. The summed E-state index contributed by atoms with van der Waals surface area (Å²) in [5.74, 6) is 1.06. The van der Waals surface area contributed by atoms with Crippen LogP contribution in [-0.4, -0.2) is 6.61 Å². The van der Waals surface area contributed by atoms with Crippen LogP contribution in [0.2, 0.25) is 0 Å². The van der Waals surface area contributed by atoms with Crippen LogP contribution in [0.3, 0.4) is 0 Å². The van der Waals surface area contributed by atoms with Gasteiger partial charge in [-0.1, -0.05) is 64.0 Å². The number of aryl methyl sites for hydroxylation is 1. The molecule has 0 radical (unpaired) electrons. The summed E-state index contributed by atoms with van der Waals surface area (Å²) in [6.07, 6.45) is 12.8. The Morgan fingerprint density at radius 2 is 1.86 bits per heavy atom. The number of rotatable bonds is 9. The number of ether oxygens (including phenoxy) is 1. The second kappa shape index (κ2) is 9.35. The lowest BCUT2D eigenvalue weighted by atomic mass is 9.99. The van der Waals surface area contributed by atoms with Gasteiger partial charge in [0.25, 0.3) is 0 Å². The Hall–Kier alpha value is -0.690. The first-order valence-corrected chi connectivity index (χ1v) is 9.14. The Kier molecular flexibility index (Phi) is 7.43. The average Bonchev–Trinajstić information content (AvgIpc) is 2.53. The van der Waals surface area contributed by atoms with Gasteiger partial charge in [0.1, 0.15) is 5.75 Å². The van der Waals surface area contributed by atoms with Crippen molar-refractivity contribution in [2.75, 3.05) is 6.61 Å². The van der Waals surface area contributed by atoms with E-state index in [0.29, 0.717) is 0 Å². The van der Waals surface area contributed by atoms with Gasteiger partial charge >= 0.3 is 0 Å². The summed E-state index contributed by atoms with van der Waals surface area (Å²) in [7, 11) is 0. The van der Waals surface area contributed by atoms with Crippen molar-refractivity contribution in [3.63, 3.8) is 0 Å². The van der Waals surface area contributed by atoms with Gasteiger partial charge < -0.3 is 4.74 Å². The highest BCUT2D eigenvalue weighted by molar-refractivity contribution is 6.20. The van der Waals surface area contributed by atoms with Gasteiger partial charge in [-0.3, -0.25) is 0 Å². The molecule has 1 aliphatic heterocycles. The third kappa shape index (κ3) is 5.54. The summed E-state index contributed by atoms with van der Waals surface area (Å²) in [6, 6.07) is 6.50. The van der Waals surface area contributed by atoms with E-state index >= 15 is 0 Å². The molecular weight excluding hydrogens is 280 g/mol. The predicted octanol–water partition coefficient (Wildman–Crippen LogP) is 6.43. The number of alkyl halides is 1. The van der Waals surface area contributed by atoms with Crippen LogP contribution in [0.25, 0.3) is 0 Å². The molecule has 1 aliphatic rings. The highest BCUT2D eigenvalue weighted by Crippen LogP contribution is 2.32. The Bertz CT molecular complexity index is 416.